The first-order chi connectivity index (χ1) is 10.1. The molecule has 2 heterocycles. The van der Waals surface area contributed by atoms with E-state index in [0.29, 0.717) is 5.56 Å². The van der Waals surface area contributed by atoms with Crippen LogP contribution >= 0.6 is 0 Å². The topological polar surface area (TPSA) is 74.2 Å². The quantitative estimate of drug-likeness (QED) is 0.788. The van der Waals surface area contributed by atoms with E-state index in [1.54, 1.807) is 13.0 Å². The van der Waals surface area contributed by atoms with Gasteiger partial charge in [0, 0.05) is 17.8 Å². The molecule has 5 heteroatoms. The third-order valence-corrected chi connectivity index (χ3v) is 3.60. The Labute approximate surface area is 123 Å². The van der Waals surface area contributed by atoms with Gasteiger partial charge in [-0.3, -0.25) is 4.79 Å². The molecule has 1 aromatic heterocycles. The Bertz CT molecular complexity index is 698. The van der Waals surface area contributed by atoms with Crippen LogP contribution in [-0.2, 0) is 13.0 Å². The molecule has 5 nitrogen and oxygen atoms in total. The van der Waals surface area contributed by atoms with Crippen molar-refractivity contribution in [2.24, 2.45) is 0 Å². The average Bonchev–Trinajstić information content (AvgIpc) is 2.50. The van der Waals surface area contributed by atoms with Crippen molar-refractivity contribution in [2.45, 2.75) is 19.9 Å². The summed E-state index contributed by atoms with van der Waals surface area (Å²) >= 11 is 0. The summed E-state index contributed by atoms with van der Waals surface area (Å²) in [5.74, 6) is -0.110. The Hall–Kier alpha value is -2.40. The Balaban J connectivity index is 1.83. The SMILES string of the molecule is Cc1ccc(O)c(NC(=O)c2ccc3c(c2)CNCC3)n1. The molecule has 3 rings (SSSR count). The highest BCUT2D eigenvalue weighted by Gasteiger charge is 2.14. The second-order valence-electron chi connectivity index (χ2n) is 5.18. The molecule has 0 unspecified atom stereocenters. The number of aromatic hydroxyl groups is 1. The van der Waals surface area contributed by atoms with Crippen molar-refractivity contribution in [1.82, 2.24) is 10.3 Å². The Morgan fingerprint density at radius 3 is 3.00 bits per heavy atom. The third-order valence-electron chi connectivity index (χ3n) is 3.60. The summed E-state index contributed by atoms with van der Waals surface area (Å²) in [4.78, 5) is 16.4. The highest BCUT2D eigenvalue weighted by Crippen LogP contribution is 2.22. The molecule has 21 heavy (non-hydrogen) atoms. The minimum absolute atomic E-state index is 0.0337. The van der Waals surface area contributed by atoms with Gasteiger partial charge in [-0.15, -0.1) is 0 Å². The van der Waals surface area contributed by atoms with E-state index in [1.807, 2.05) is 18.2 Å². The first kappa shape index (κ1) is 13.6. The number of anilines is 1. The van der Waals surface area contributed by atoms with Crippen LogP contribution in [0.15, 0.2) is 30.3 Å². The molecule has 2 aromatic rings. The predicted octanol–water partition coefficient (Wildman–Crippen LogP) is 1.99. The van der Waals surface area contributed by atoms with Gasteiger partial charge in [0.25, 0.3) is 5.91 Å². The molecular weight excluding hydrogens is 266 g/mol. The average molecular weight is 283 g/mol. The number of carbonyl (C=O) groups excluding carboxylic acids is 1. The minimum atomic E-state index is -0.267. The lowest BCUT2D eigenvalue weighted by Crippen LogP contribution is -2.24. The van der Waals surface area contributed by atoms with E-state index in [9.17, 15) is 9.90 Å². The van der Waals surface area contributed by atoms with Crippen LogP contribution in [0.2, 0.25) is 0 Å². The number of pyridine rings is 1. The van der Waals surface area contributed by atoms with Crippen molar-refractivity contribution in [1.29, 1.82) is 0 Å². The molecule has 108 valence electrons. The molecule has 0 saturated carbocycles. The van der Waals surface area contributed by atoms with Crippen LogP contribution in [0.1, 0.15) is 27.2 Å². The fourth-order valence-electron chi connectivity index (χ4n) is 2.44. The number of amides is 1. The predicted molar refractivity (Wildman–Crippen MR) is 80.4 cm³/mol. The number of benzene rings is 1. The standard InChI is InChI=1S/C16H17N3O2/c1-10-2-5-14(20)15(18-10)19-16(21)12-4-3-11-6-7-17-9-13(11)8-12/h2-5,8,17,20H,6-7,9H2,1H3,(H,18,19,21). The number of hydrogen-bond acceptors (Lipinski definition) is 4. The first-order valence-corrected chi connectivity index (χ1v) is 6.94. The maximum Gasteiger partial charge on any atom is 0.256 e. The second kappa shape index (κ2) is 5.54. The number of aromatic nitrogens is 1. The summed E-state index contributed by atoms with van der Waals surface area (Å²) in [5.41, 5.74) is 3.73. The molecular formula is C16H17N3O2. The number of fused-ring (bicyclic) bond motifs is 1. The molecule has 1 amide bonds. The zero-order chi connectivity index (χ0) is 14.8. The lowest BCUT2D eigenvalue weighted by atomic mass is 9.98. The molecule has 3 N–H and O–H groups in total. The van der Waals surface area contributed by atoms with Crippen LogP contribution in [0.25, 0.3) is 0 Å². The van der Waals surface area contributed by atoms with E-state index in [2.05, 4.69) is 15.6 Å². The smallest absolute Gasteiger partial charge is 0.256 e. The first-order valence-electron chi connectivity index (χ1n) is 6.94. The van der Waals surface area contributed by atoms with Gasteiger partial charge >= 0.3 is 0 Å². The van der Waals surface area contributed by atoms with E-state index in [1.165, 1.54) is 11.6 Å². The number of carbonyl (C=O) groups is 1. The van der Waals surface area contributed by atoms with Crippen LogP contribution in [0.5, 0.6) is 5.75 Å². The van der Waals surface area contributed by atoms with Crippen LogP contribution in [-0.4, -0.2) is 22.5 Å². The Morgan fingerprint density at radius 2 is 2.14 bits per heavy atom. The van der Waals surface area contributed by atoms with Crippen LogP contribution < -0.4 is 10.6 Å². The molecule has 0 bridgehead atoms. The van der Waals surface area contributed by atoms with Crippen molar-refractivity contribution in [3.05, 3.63) is 52.7 Å². The van der Waals surface area contributed by atoms with Gasteiger partial charge in [-0.1, -0.05) is 6.07 Å². The van der Waals surface area contributed by atoms with E-state index >= 15 is 0 Å². The number of nitrogens with one attached hydrogen (secondary N) is 2. The van der Waals surface area contributed by atoms with Gasteiger partial charge in [0.15, 0.2) is 11.6 Å². The Morgan fingerprint density at radius 1 is 1.29 bits per heavy atom. The Kier molecular flexibility index (Phi) is 3.58. The van der Waals surface area contributed by atoms with Crippen molar-refractivity contribution in [3.8, 4) is 5.75 Å². The van der Waals surface area contributed by atoms with Gasteiger partial charge in [0.1, 0.15) is 0 Å². The van der Waals surface area contributed by atoms with E-state index in [-0.39, 0.29) is 17.5 Å². The van der Waals surface area contributed by atoms with Crippen molar-refractivity contribution in [2.75, 3.05) is 11.9 Å². The number of rotatable bonds is 2. The van der Waals surface area contributed by atoms with Crippen molar-refractivity contribution in [3.63, 3.8) is 0 Å². The molecule has 0 aliphatic carbocycles. The number of aryl methyl sites for hydroxylation is 1. The summed E-state index contributed by atoms with van der Waals surface area (Å²) in [6, 6.07) is 8.91. The van der Waals surface area contributed by atoms with Gasteiger partial charge < -0.3 is 15.7 Å². The maximum atomic E-state index is 12.3. The fraction of sp³-hybridized carbons (Fsp3) is 0.250. The van der Waals surface area contributed by atoms with Crippen molar-refractivity contribution < 1.29 is 9.90 Å². The highest BCUT2D eigenvalue weighted by molar-refractivity contribution is 6.04. The summed E-state index contributed by atoms with van der Waals surface area (Å²) in [5, 5.41) is 15.7. The van der Waals surface area contributed by atoms with Gasteiger partial charge in [-0.25, -0.2) is 4.98 Å². The van der Waals surface area contributed by atoms with Gasteiger partial charge in [0.05, 0.1) is 0 Å². The minimum Gasteiger partial charge on any atom is -0.504 e. The molecule has 0 saturated heterocycles. The summed E-state index contributed by atoms with van der Waals surface area (Å²) in [6.45, 7) is 3.56. The molecule has 0 radical (unpaired) electrons. The summed E-state index contributed by atoms with van der Waals surface area (Å²) in [7, 11) is 0. The second-order valence-corrected chi connectivity index (χ2v) is 5.18. The highest BCUT2D eigenvalue weighted by atomic mass is 16.3. The van der Waals surface area contributed by atoms with Crippen LogP contribution in [0.3, 0.4) is 0 Å². The molecule has 0 atom stereocenters. The molecule has 0 spiro atoms. The van der Waals surface area contributed by atoms with E-state index < -0.39 is 0 Å². The molecule has 0 fully saturated rings. The van der Waals surface area contributed by atoms with E-state index in [0.717, 1.165) is 30.8 Å². The van der Waals surface area contributed by atoms with Crippen LogP contribution in [0, 0.1) is 6.92 Å². The zero-order valence-corrected chi connectivity index (χ0v) is 11.8. The number of hydrogen-bond donors (Lipinski definition) is 3. The summed E-state index contributed by atoms with van der Waals surface area (Å²) in [6.07, 6.45) is 0.984. The van der Waals surface area contributed by atoms with E-state index in [4.69, 9.17) is 0 Å². The van der Waals surface area contributed by atoms with Gasteiger partial charge in [0.2, 0.25) is 0 Å². The van der Waals surface area contributed by atoms with Crippen molar-refractivity contribution >= 4 is 11.7 Å². The number of nitrogens with zero attached hydrogens (tertiary/aromatic N) is 1. The molecule has 1 aromatic carbocycles. The normalized spacial score (nSPS) is 13.6. The monoisotopic (exact) mass is 283 g/mol. The largest absolute Gasteiger partial charge is 0.504 e. The fourth-order valence-corrected chi connectivity index (χ4v) is 2.44. The van der Waals surface area contributed by atoms with Gasteiger partial charge in [-0.05, 0) is 55.3 Å². The zero-order valence-electron chi connectivity index (χ0n) is 11.8. The molecule has 1 aliphatic rings. The third kappa shape index (κ3) is 2.87. The summed E-state index contributed by atoms with van der Waals surface area (Å²) < 4.78 is 0. The maximum absolute atomic E-state index is 12.3. The van der Waals surface area contributed by atoms with Crippen LogP contribution in [0.4, 0.5) is 5.82 Å². The lowest BCUT2D eigenvalue weighted by molar-refractivity contribution is 0.102. The molecule has 1 aliphatic heterocycles. The lowest BCUT2D eigenvalue weighted by Gasteiger charge is -2.17. The van der Waals surface area contributed by atoms with Gasteiger partial charge in [-0.2, -0.15) is 0 Å².